The number of carbonyl (C=O) groups excluding carboxylic acids is 1. The molecule has 0 bridgehead atoms. The highest BCUT2D eigenvalue weighted by Gasteiger charge is 2.16. The lowest BCUT2D eigenvalue weighted by Crippen LogP contribution is -2.28. The third-order valence-corrected chi connectivity index (χ3v) is 4.72. The van der Waals surface area contributed by atoms with Crippen LogP contribution in [0.15, 0.2) is 85.2 Å². The first-order chi connectivity index (χ1) is 13.5. The van der Waals surface area contributed by atoms with E-state index in [1.54, 1.807) is 24.3 Å². The number of hydrogen-bond acceptors (Lipinski definition) is 5. The summed E-state index contributed by atoms with van der Waals surface area (Å²) in [4.78, 5) is 37.1. The molecule has 0 aliphatic carbocycles. The van der Waals surface area contributed by atoms with Crippen LogP contribution in [0.3, 0.4) is 0 Å². The smallest absolute Gasteiger partial charge is 0.347 e. The number of fused-ring (bicyclic) bond motifs is 1. The van der Waals surface area contributed by atoms with Crippen LogP contribution in [0.5, 0.6) is 0 Å². The number of Topliss-reactive ketones (excluding diaryl/α,β-unsaturated/α-hetero) is 1. The van der Waals surface area contributed by atoms with Gasteiger partial charge in [0.2, 0.25) is 0 Å². The zero-order valence-electron chi connectivity index (χ0n) is 14.5. The molecule has 0 saturated heterocycles. The van der Waals surface area contributed by atoms with Gasteiger partial charge < -0.3 is 4.42 Å². The Bertz CT molecular complexity index is 1310. The lowest BCUT2D eigenvalue weighted by atomic mass is 10.1. The standard InChI is InChI=1S/C21H13BrN2O4/c22-15-7-6-14-10-16(21(27)28-19(14)11-15)18(25)12-24-20(26)9-8-17(23-24)13-4-2-1-3-5-13/h1-11H,12H2. The predicted molar refractivity (Wildman–Crippen MR) is 108 cm³/mol. The first kappa shape index (κ1) is 18.1. The number of ketones is 1. The molecule has 2 aromatic carbocycles. The van der Waals surface area contributed by atoms with Gasteiger partial charge in [-0.15, -0.1) is 0 Å². The Morgan fingerprint density at radius 2 is 1.79 bits per heavy atom. The minimum absolute atomic E-state index is 0.117. The fourth-order valence-corrected chi connectivity index (χ4v) is 3.17. The van der Waals surface area contributed by atoms with E-state index in [1.165, 1.54) is 12.1 Å². The molecule has 28 heavy (non-hydrogen) atoms. The van der Waals surface area contributed by atoms with E-state index in [0.29, 0.717) is 16.7 Å². The molecule has 0 aliphatic rings. The number of hydrogen-bond donors (Lipinski definition) is 0. The van der Waals surface area contributed by atoms with E-state index in [1.807, 2.05) is 30.3 Å². The normalized spacial score (nSPS) is 10.9. The van der Waals surface area contributed by atoms with Crippen LogP contribution >= 0.6 is 15.9 Å². The van der Waals surface area contributed by atoms with E-state index >= 15 is 0 Å². The Hall–Kier alpha value is -3.32. The summed E-state index contributed by atoms with van der Waals surface area (Å²) in [6, 6.07) is 18.9. The summed E-state index contributed by atoms with van der Waals surface area (Å²) in [5.41, 5.74) is 0.457. The lowest BCUT2D eigenvalue weighted by Gasteiger charge is -2.07. The lowest BCUT2D eigenvalue weighted by molar-refractivity contribution is 0.0962. The summed E-state index contributed by atoms with van der Waals surface area (Å²) in [6.45, 7) is -0.355. The van der Waals surface area contributed by atoms with Crippen molar-refractivity contribution in [1.29, 1.82) is 0 Å². The van der Waals surface area contributed by atoms with E-state index in [4.69, 9.17) is 4.42 Å². The van der Waals surface area contributed by atoms with Gasteiger partial charge in [-0.05, 0) is 24.3 Å². The van der Waals surface area contributed by atoms with Crippen LogP contribution in [0, 0.1) is 0 Å². The molecule has 0 fully saturated rings. The summed E-state index contributed by atoms with van der Waals surface area (Å²) >= 11 is 3.31. The second-order valence-electron chi connectivity index (χ2n) is 6.13. The zero-order valence-corrected chi connectivity index (χ0v) is 16.0. The van der Waals surface area contributed by atoms with E-state index in [2.05, 4.69) is 21.0 Å². The van der Waals surface area contributed by atoms with Gasteiger partial charge in [0.05, 0.1) is 5.69 Å². The molecular weight excluding hydrogens is 424 g/mol. The van der Waals surface area contributed by atoms with Crippen molar-refractivity contribution in [2.24, 2.45) is 0 Å². The fourth-order valence-electron chi connectivity index (χ4n) is 2.83. The maximum atomic E-state index is 12.7. The van der Waals surface area contributed by atoms with Crippen molar-refractivity contribution in [3.63, 3.8) is 0 Å². The Morgan fingerprint density at radius 3 is 2.57 bits per heavy atom. The molecule has 4 rings (SSSR count). The largest absolute Gasteiger partial charge is 0.422 e. The third-order valence-electron chi connectivity index (χ3n) is 4.23. The minimum atomic E-state index is -0.747. The van der Waals surface area contributed by atoms with E-state index in [9.17, 15) is 14.4 Å². The van der Waals surface area contributed by atoms with Gasteiger partial charge in [-0.3, -0.25) is 9.59 Å². The van der Waals surface area contributed by atoms with Gasteiger partial charge in [-0.1, -0.05) is 52.3 Å². The molecule has 7 heteroatoms. The van der Waals surface area contributed by atoms with Crippen molar-refractivity contribution in [2.75, 3.05) is 0 Å². The monoisotopic (exact) mass is 436 g/mol. The Morgan fingerprint density at radius 1 is 1.00 bits per heavy atom. The molecule has 0 unspecified atom stereocenters. The minimum Gasteiger partial charge on any atom is -0.422 e. The molecule has 2 aromatic heterocycles. The van der Waals surface area contributed by atoms with Crippen LogP contribution in [-0.2, 0) is 6.54 Å². The highest BCUT2D eigenvalue weighted by atomic mass is 79.9. The fraction of sp³-hybridized carbons (Fsp3) is 0.0476. The van der Waals surface area contributed by atoms with E-state index in [0.717, 1.165) is 14.7 Å². The van der Waals surface area contributed by atoms with Crippen molar-refractivity contribution in [2.45, 2.75) is 6.54 Å². The highest BCUT2D eigenvalue weighted by molar-refractivity contribution is 9.10. The SMILES string of the molecule is O=C(Cn1nc(-c2ccccc2)ccc1=O)c1cc2ccc(Br)cc2oc1=O. The van der Waals surface area contributed by atoms with Crippen LogP contribution in [-0.4, -0.2) is 15.6 Å². The Labute approximate surface area is 167 Å². The van der Waals surface area contributed by atoms with Gasteiger partial charge in [-0.2, -0.15) is 5.10 Å². The van der Waals surface area contributed by atoms with E-state index in [-0.39, 0.29) is 12.1 Å². The molecule has 138 valence electrons. The number of halogens is 1. The molecule has 0 atom stereocenters. The highest BCUT2D eigenvalue weighted by Crippen LogP contribution is 2.19. The van der Waals surface area contributed by atoms with Crippen molar-refractivity contribution in [1.82, 2.24) is 9.78 Å². The van der Waals surface area contributed by atoms with Gasteiger partial charge in [0, 0.05) is 21.5 Å². The molecule has 6 nitrogen and oxygen atoms in total. The Kier molecular flexibility index (Phi) is 4.75. The Balaban J connectivity index is 1.70. The van der Waals surface area contributed by atoms with Crippen molar-refractivity contribution in [3.05, 3.63) is 97.5 Å². The van der Waals surface area contributed by atoms with Gasteiger partial charge >= 0.3 is 5.63 Å². The second-order valence-corrected chi connectivity index (χ2v) is 7.05. The number of aromatic nitrogens is 2. The average Bonchev–Trinajstić information content (AvgIpc) is 2.69. The molecule has 0 saturated carbocycles. The van der Waals surface area contributed by atoms with Gasteiger partial charge in [-0.25, -0.2) is 9.48 Å². The molecule has 0 amide bonds. The molecule has 2 heterocycles. The van der Waals surface area contributed by atoms with Crippen molar-refractivity contribution < 1.29 is 9.21 Å². The van der Waals surface area contributed by atoms with Crippen LogP contribution < -0.4 is 11.2 Å². The van der Waals surface area contributed by atoms with Crippen LogP contribution in [0.4, 0.5) is 0 Å². The van der Waals surface area contributed by atoms with Gasteiger partial charge in [0.15, 0.2) is 5.78 Å². The maximum Gasteiger partial charge on any atom is 0.347 e. The molecular formula is C21H13BrN2O4. The first-order valence-electron chi connectivity index (χ1n) is 8.41. The molecule has 0 aliphatic heterocycles. The maximum absolute atomic E-state index is 12.7. The average molecular weight is 437 g/mol. The number of benzene rings is 2. The molecule has 0 spiro atoms. The molecule has 0 radical (unpaired) electrons. The summed E-state index contributed by atoms with van der Waals surface area (Å²) < 4.78 is 7.05. The van der Waals surface area contributed by atoms with Crippen molar-refractivity contribution >= 4 is 32.7 Å². The second kappa shape index (κ2) is 7.36. The number of carbonyl (C=O) groups is 1. The molecule has 4 aromatic rings. The first-order valence-corrected chi connectivity index (χ1v) is 9.21. The zero-order chi connectivity index (χ0) is 19.7. The third kappa shape index (κ3) is 3.57. The number of nitrogens with zero attached hydrogens (tertiary/aromatic N) is 2. The number of rotatable bonds is 4. The van der Waals surface area contributed by atoms with Crippen LogP contribution in [0.2, 0.25) is 0 Å². The topological polar surface area (TPSA) is 82.2 Å². The van der Waals surface area contributed by atoms with E-state index < -0.39 is 17.0 Å². The summed E-state index contributed by atoms with van der Waals surface area (Å²) in [5.74, 6) is -0.543. The summed E-state index contributed by atoms with van der Waals surface area (Å²) in [6.07, 6.45) is 0. The summed E-state index contributed by atoms with van der Waals surface area (Å²) in [5, 5.41) is 4.87. The van der Waals surface area contributed by atoms with Crippen LogP contribution in [0.25, 0.3) is 22.2 Å². The van der Waals surface area contributed by atoms with Gasteiger partial charge in [0.25, 0.3) is 5.56 Å². The van der Waals surface area contributed by atoms with Gasteiger partial charge in [0.1, 0.15) is 17.7 Å². The van der Waals surface area contributed by atoms with Crippen LogP contribution in [0.1, 0.15) is 10.4 Å². The quantitative estimate of drug-likeness (QED) is 0.360. The van der Waals surface area contributed by atoms with Crippen molar-refractivity contribution in [3.8, 4) is 11.3 Å². The molecule has 0 N–H and O–H groups in total. The summed E-state index contributed by atoms with van der Waals surface area (Å²) in [7, 11) is 0. The predicted octanol–water partition coefficient (Wildman–Crippen LogP) is 3.66.